The molecule has 2 aromatic carbocycles. The summed E-state index contributed by atoms with van der Waals surface area (Å²) < 4.78 is 5.53. The fourth-order valence-electron chi connectivity index (χ4n) is 5.09. The second-order valence-corrected chi connectivity index (χ2v) is 9.44. The summed E-state index contributed by atoms with van der Waals surface area (Å²) in [7, 11) is 0. The van der Waals surface area contributed by atoms with E-state index in [9.17, 15) is 19.2 Å². The van der Waals surface area contributed by atoms with Gasteiger partial charge >= 0.3 is 5.97 Å². The van der Waals surface area contributed by atoms with Gasteiger partial charge in [0.05, 0.1) is 11.3 Å². The predicted molar refractivity (Wildman–Crippen MR) is 132 cm³/mol. The zero-order valence-corrected chi connectivity index (χ0v) is 20.6. The van der Waals surface area contributed by atoms with E-state index in [1.807, 2.05) is 74.5 Å². The van der Waals surface area contributed by atoms with Gasteiger partial charge in [-0.1, -0.05) is 74.5 Å². The standard InChI is InChI=1S/C28H32N2O6/c1-3-28(4-2)26(35)30(27(28)36-18-23(32)33)22(31)17-29(21-15-16-21)25(34)24(19-11-7-5-8-12-19)20-13-9-6-10-14-20/h5-14,21,24,27H,3-4,15-18H2,1-2H3,(H,32,33)/t27-/m0/s1. The number of nitrogens with zero attached hydrogens (tertiary/aromatic N) is 2. The highest BCUT2D eigenvalue weighted by Crippen LogP contribution is 2.46. The second-order valence-electron chi connectivity index (χ2n) is 9.44. The van der Waals surface area contributed by atoms with Gasteiger partial charge in [-0.25, -0.2) is 4.79 Å². The number of benzene rings is 2. The number of hydrogen-bond donors (Lipinski definition) is 1. The molecule has 8 heteroatoms. The van der Waals surface area contributed by atoms with E-state index in [0.29, 0.717) is 12.8 Å². The number of amides is 3. The fourth-order valence-corrected chi connectivity index (χ4v) is 5.09. The van der Waals surface area contributed by atoms with Crippen LogP contribution in [0.5, 0.6) is 0 Å². The normalized spacial score (nSPS) is 18.6. The Hall–Kier alpha value is -3.52. The van der Waals surface area contributed by atoms with Crippen molar-refractivity contribution in [2.45, 2.75) is 57.7 Å². The van der Waals surface area contributed by atoms with Crippen molar-refractivity contribution in [3.63, 3.8) is 0 Å². The summed E-state index contributed by atoms with van der Waals surface area (Å²) in [6.07, 6.45) is 1.46. The number of imide groups is 1. The average Bonchev–Trinajstić information content (AvgIpc) is 3.72. The topological polar surface area (TPSA) is 104 Å². The average molecular weight is 493 g/mol. The molecule has 1 aliphatic carbocycles. The first-order valence-corrected chi connectivity index (χ1v) is 12.4. The van der Waals surface area contributed by atoms with Crippen LogP contribution < -0.4 is 0 Å². The molecule has 1 heterocycles. The number of carbonyl (C=O) groups is 4. The van der Waals surface area contributed by atoms with Crippen LogP contribution >= 0.6 is 0 Å². The maximum absolute atomic E-state index is 14.0. The number of likely N-dealkylation sites (tertiary alicyclic amines) is 1. The van der Waals surface area contributed by atoms with Crippen molar-refractivity contribution in [1.29, 1.82) is 0 Å². The molecule has 36 heavy (non-hydrogen) atoms. The molecule has 4 rings (SSSR count). The third kappa shape index (κ3) is 4.78. The van der Waals surface area contributed by atoms with E-state index in [1.54, 1.807) is 4.90 Å². The number of carboxylic acid groups (broad SMARTS) is 1. The molecule has 1 aliphatic heterocycles. The van der Waals surface area contributed by atoms with E-state index >= 15 is 0 Å². The van der Waals surface area contributed by atoms with Gasteiger partial charge in [0.25, 0.3) is 5.91 Å². The number of aliphatic carboxylic acids is 1. The number of hydrogen-bond acceptors (Lipinski definition) is 5. The lowest BCUT2D eigenvalue weighted by molar-refractivity contribution is -0.225. The molecule has 1 saturated carbocycles. The first kappa shape index (κ1) is 25.6. The van der Waals surface area contributed by atoms with Crippen molar-refractivity contribution in [3.05, 3.63) is 71.8 Å². The van der Waals surface area contributed by atoms with E-state index in [4.69, 9.17) is 9.84 Å². The zero-order chi connectivity index (χ0) is 25.9. The first-order valence-electron chi connectivity index (χ1n) is 12.4. The van der Waals surface area contributed by atoms with Crippen LogP contribution in [0.3, 0.4) is 0 Å². The third-order valence-electron chi connectivity index (χ3n) is 7.34. The maximum atomic E-state index is 14.0. The SMILES string of the molecule is CCC1(CC)C(=O)N(C(=O)CN(C(=O)C(c2ccccc2)c2ccccc2)C2CC2)[C@H]1OCC(=O)O. The molecule has 2 fully saturated rings. The first-order chi connectivity index (χ1) is 17.3. The Bertz CT molecular complexity index is 1070. The highest BCUT2D eigenvalue weighted by atomic mass is 16.5. The third-order valence-corrected chi connectivity index (χ3v) is 7.34. The minimum atomic E-state index is -1.17. The van der Waals surface area contributed by atoms with Gasteiger partial charge in [-0.3, -0.25) is 19.3 Å². The maximum Gasteiger partial charge on any atom is 0.329 e. The Kier molecular flexibility index (Phi) is 7.54. The minimum Gasteiger partial charge on any atom is -0.480 e. The summed E-state index contributed by atoms with van der Waals surface area (Å²) in [6, 6.07) is 18.8. The lowest BCUT2D eigenvalue weighted by Crippen LogP contribution is -2.72. The highest BCUT2D eigenvalue weighted by Gasteiger charge is 2.62. The monoisotopic (exact) mass is 492 g/mol. The van der Waals surface area contributed by atoms with Gasteiger partial charge in [0.2, 0.25) is 11.8 Å². The van der Waals surface area contributed by atoms with E-state index < -0.39 is 36.0 Å². The van der Waals surface area contributed by atoms with Gasteiger partial charge in [-0.15, -0.1) is 0 Å². The van der Waals surface area contributed by atoms with E-state index in [2.05, 4.69) is 0 Å². The Morgan fingerprint density at radius 3 is 1.97 bits per heavy atom. The summed E-state index contributed by atoms with van der Waals surface area (Å²) in [5, 5.41) is 9.10. The molecule has 2 aliphatic rings. The van der Waals surface area contributed by atoms with Gasteiger partial charge in [0.15, 0.2) is 6.23 Å². The summed E-state index contributed by atoms with van der Waals surface area (Å²) in [5.41, 5.74) is 0.715. The lowest BCUT2D eigenvalue weighted by Gasteiger charge is -2.53. The van der Waals surface area contributed by atoms with Crippen molar-refractivity contribution < 1.29 is 29.0 Å². The van der Waals surface area contributed by atoms with Crippen molar-refractivity contribution >= 4 is 23.7 Å². The minimum absolute atomic E-state index is 0.0757. The molecule has 8 nitrogen and oxygen atoms in total. The molecule has 0 unspecified atom stereocenters. The molecule has 3 amide bonds. The molecular formula is C28H32N2O6. The zero-order valence-electron chi connectivity index (χ0n) is 20.6. The van der Waals surface area contributed by atoms with Crippen molar-refractivity contribution in [2.24, 2.45) is 5.41 Å². The molecule has 1 N–H and O–H groups in total. The van der Waals surface area contributed by atoms with Crippen LogP contribution in [0.25, 0.3) is 0 Å². The predicted octanol–water partition coefficient (Wildman–Crippen LogP) is 3.41. The molecule has 1 atom stereocenters. The van der Waals surface area contributed by atoms with Crippen LogP contribution in [0.4, 0.5) is 0 Å². The summed E-state index contributed by atoms with van der Waals surface area (Å²) >= 11 is 0. The van der Waals surface area contributed by atoms with E-state index in [0.717, 1.165) is 28.9 Å². The highest BCUT2D eigenvalue weighted by molar-refractivity contribution is 6.05. The van der Waals surface area contributed by atoms with Gasteiger partial charge in [0.1, 0.15) is 13.2 Å². The molecule has 190 valence electrons. The smallest absolute Gasteiger partial charge is 0.329 e. The summed E-state index contributed by atoms with van der Waals surface area (Å²) in [6.45, 7) is 2.77. The van der Waals surface area contributed by atoms with Crippen LogP contribution in [0, 0.1) is 5.41 Å². The molecule has 1 saturated heterocycles. The number of rotatable bonds is 11. The van der Waals surface area contributed by atoms with E-state index in [1.165, 1.54) is 0 Å². The van der Waals surface area contributed by atoms with Gasteiger partial charge < -0.3 is 14.7 Å². The quantitative estimate of drug-likeness (QED) is 0.482. The van der Waals surface area contributed by atoms with Crippen LogP contribution in [-0.2, 0) is 23.9 Å². The molecule has 0 spiro atoms. The van der Waals surface area contributed by atoms with Crippen LogP contribution in [-0.4, -0.2) is 64.0 Å². The van der Waals surface area contributed by atoms with Crippen LogP contribution in [0.15, 0.2) is 60.7 Å². The summed E-state index contributed by atoms with van der Waals surface area (Å²) in [4.78, 5) is 54.3. The lowest BCUT2D eigenvalue weighted by atomic mass is 9.71. The van der Waals surface area contributed by atoms with E-state index in [-0.39, 0.29) is 24.4 Å². The Morgan fingerprint density at radius 1 is 1.00 bits per heavy atom. The Labute approximate surface area is 210 Å². The molecular weight excluding hydrogens is 460 g/mol. The van der Waals surface area contributed by atoms with Crippen LogP contribution in [0.1, 0.15) is 56.6 Å². The second kappa shape index (κ2) is 10.6. The largest absolute Gasteiger partial charge is 0.480 e. The van der Waals surface area contributed by atoms with Crippen LogP contribution in [0.2, 0.25) is 0 Å². The number of β-lactam (4-membered cyclic amide) rings is 1. The molecule has 0 radical (unpaired) electrons. The summed E-state index contributed by atoms with van der Waals surface area (Å²) in [5.74, 6) is -2.88. The van der Waals surface area contributed by atoms with Gasteiger partial charge in [-0.2, -0.15) is 0 Å². The number of ether oxygens (including phenoxy) is 1. The fraction of sp³-hybridized carbons (Fsp3) is 0.429. The molecule has 0 aromatic heterocycles. The Morgan fingerprint density at radius 2 is 1.53 bits per heavy atom. The Balaban J connectivity index is 1.60. The van der Waals surface area contributed by atoms with Gasteiger partial charge in [-0.05, 0) is 36.8 Å². The number of carbonyl (C=O) groups excluding carboxylic acids is 3. The van der Waals surface area contributed by atoms with Crippen molar-refractivity contribution in [3.8, 4) is 0 Å². The van der Waals surface area contributed by atoms with Gasteiger partial charge in [0, 0.05) is 6.04 Å². The molecule has 0 bridgehead atoms. The van der Waals surface area contributed by atoms with Crippen molar-refractivity contribution in [1.82, 2.24) is 9.80 Å². The van der Waals surface area contributed by atoms with Crippen molar-refractivity contribution in [2.75, 3.05) is 13.2 Å². The molecule has 2 aromatic rings. The number of carboxylic acids is 1.